The summed E-state index contributed by atoms with van der Waals surface area (Å²) < 4.78 is 39.7. The predicted octanol–water partition coefficient (Wildman–Crippen LogP) is 5.56. The Morgan fingerprint density at radius 1 is 1.11 bits per heavy atom. The fourth-order valence-electron chi connectivity index (χ4n) is 2.50. The molecule has 0 aliphatic rings. The maximum atomic E-state index is 13.1. The molecule has 0 fully saturated rings. The largest absolute Gasteiger partial charge is 0.417 e. The van der Waals surface area contributed by atoms with Crippen LogP contribution in [-0.2, 0) is 12.7 Å². The maximum Gasteiger partial charge on any atom is 0.417 e. The van der Waals surface area contributed by atoms with Crippen molar-refractivity contribution in [3.63, 3.8) is 0 Å². The van der Waals surface area contributed by atoms with Gasteiger partial charge < -0.3 is 10.2 Å². The lowest BCUT2D eigenvalue weighted by molar-refractivity contribution is -0.137. The van der Waals surface area contributed by atoms with Crippen molar-refractivity contribution in [3.8, 4) is 11.1 Å². The molecule has 0 aliphatic heterocycles. The molecule has 0 aliphatic carbocycles. The predicted molar refractivity (Wildman–Crippen MR) is 103 cm³/mol. The lowest BCUT2D eigenvalue weighted by Gasteiger charge is -2.18. The summed E-state index contributed by atoms with van der Waals surface area (Å²) in [7, 11) is 3.49. The first-order chi connectivity index (χ1) is 12.7. The number of hydrogen-bond donors (Lipinski definition) is 1. The first-order valence-electron chi connectivity index (χ1n) is 7.93. The molecule has 0 saturated carbocycles. The standard InChI is InChI=1S/C18H16ClF3N4S/c1-26(2)16-15(7-12(8-24-16)18(20,21)22)11-3-5-13(6-4-11)23-9-14-10-25-17(19)27-14/h3-8,10,23H,9H2,1-2H3. The van der Waals surface area contributed by atoms with Gasteiger partial charge in [0.2, 0.25) is 0 Å². The van der Waals surface area contributed by atoms with E-state index in [0.29, 0.717) is 28.0 Å². The van der Waals surface area contributed by atoms with Gasteiger partial charge in [0.1, 0.15) is 5.82 Å². The van der Waals surface area contributed by atoms with E-state index in [4.69, 9.17) is 11.6 Å². The van der Waals surface area contributed by atoms with Crippen LogP contribution < -0.4 is 10.2 Å². The van der Waals surface area contributed by atoms with Crippen LogP contribution in [0.5, 0.6) is 0 Å². The molecule has 3 rings (SSSR count). The highest BCUT2D eigenvalue weighted by Gasteiger charge is 2.32. The van der Waals surface area contributed by atoms with E-state index in [9.17, 15) is 13.2 Å². The summed E-state index contributed by atoms with van der Waals surface area (Å²) in [5.41, 5.74) is 1.15. The Morgan fingerprint density at radius 2 is 1.81 bits per heavy atom. The van der Waals surface area contributed by atoms with Crippen molar-refractivity contribution in [1.82, 2.24) is 9.97 Å². The minimum atomic E-state index is -4.44. The van der Waals surface area contributed by atoms with E-state index < -0.39 is 11.7 Å². The van der Waals surface area contributed by atoms with Crippen LogP contribution >= 0.6 is 22.9 Å². The molecule has 1 N–H and O–H groups in total. The Kier molecular flexibility index (Phi) is 5.57. The number of hydrogen-bond acceptors (Lipinski definition) is 5. The van der Waals surface area contributed by atoms with Gasteiger partial charge in [0.15, 0.2) is 4.47 Å². The van der Waals surface area contributed by atoms with Gasteiger partial charge in [-0.15, -0.1) is 11.3 Å². The molecule has 0 bridgehead atoms. The second kappa shape index (κ2) is 7.74. The number of nitrogens with zero attached hydrogens (tertiary/aromatic N) is 3. The topological polar surface area (TPSA) is 41.1 Å². The Balaban J connectivity index is 1.85. The molecule has 0 radical (unpaired) electrons. The van der Waals surface area contributed by atoms with Crippen LogP contribution in [0.15, 0.2) is 42.7 Å². The summed E-state index contributed by atoms with van der Waals surface area (Å²) in [5.74, 6) is 0.475. The first-order valence-corrected chi connectivity index (χ1v) is 9.12. The van der Waals surface area contributed by atoms with Crippen molar-refractivity contribution < 1.29 is 13.2 Å². The van der Waals surface area contributed by atoms with Gasteiger partial charge in [0.05, 0.1) is 12.1 Å². The average molecular weight is 413 g/mol. The number of aromatic nitrogens is 2. The second-order valence-corrected chi connectivity index (χ2v) is 7.70. The van der Waals surface area contributed by atoms with E-state index in [1.54, 1.807) is 37.3 Å². The van der Waals surface area contributed by atoms with E-state index >= 15 is 0 Å². The lowest BCUT2D eigenvalue weighted by Crippen LogP contribution is -2.14. The number of anilines is 2. The Labute approximate surface area is 163 Å². The normalized spacial score (nSPS) is 11.5. The van der Waals surface area contributed by atoms with E-state index in [2.05, 4.69) is 15.3 Å². The number of rotatable bonds is 5. The van der Waals surface area contributed by atoms with Gasteiger partial charge in [0, 0.05) is 42.6 Å². The smallest absolute Gasteiger partial charge is 0.380 e. The molecule has 3 aromatic rings. The molecule has 2 aromatic heterocycles. The molecule has 0 spiro atoms. The Bertz CT molecular complexity index is 923. The quantitative estimate of drug-likeness (QED) is 0.596. The van der Waals surface area contributed by atoms with Gasteiger partial charge >= 0.3 is 6.18 Å². The zero-order chi connectivity index (χ0) is 19.6. The summed E-state index contributed by atoms with van der Waals surface area (Å²) in [6.07, 6.45) is -1.88. The highest BCUT2D eigenvalue weighted by molar-refractivity contribution is 7.15. The summed E-state index contributed by atoms with van der Waals surface area (Å²) in [4.78, 5) is 10.6. The third kappa shape index (κ3) is 4.70. The molecule has 0 amide bonds. The zero-order valence-electron chi connectivity index (χ0n) is 14.5. The van der Waals surface area contributed by atoms with Crippen LogP contribution in [0, 0.1) is 0 Å². The molecule has 142 valence electrons. The van der Waals surface area contributed by atoms with Gasteiger partial charge in [0.25, 0.3) is 0 Å². The molecule has 0 atom stereocenters. The van der Waals surface area contributed by atoms with Crippen LogP contribution in [0.3, 0.4) is 0 Å². The third-order valence-electron chi connectivity index (χ3n) is 3.81. The first kappa shape index (κ1) is 19.4. The fraction of sp³-hybridized carbons (Fsp3) is 0.222. The molecular weight excluding hydrogens is 397 g/mol. The lowest BCUT2D eigenvalue weighted by atomic mass is 10.0. The van der Waals surface area contributed by atoms with Crippen molar-refractivity contribution >= 4 is 34.4 Å². The Hall–Kier alpha value is -2.32. The van der Waals surface area contributed by atoms with Crippen LogP contribution in [0.2, 0.25) is 4.47 Å². The van der Waals surface area contributed by atoms with Gasteiger partial charge in [-0.3, -0.25) is 0 Å². The van der Waals surface area contributed by atoms with Gasteiger partial charge in [-0.2, -0.15) is 13.2 Å². The fourth-order valence-corrected chi connectivity index (χ4v) is 3.42. The number of nitrogens with one attached hydrogen (secondary N) is 1. The highest BCUT2D eigenvalue weighted by atomic mass is 35.5. The number of benzene rings is 1. The van der Waals surface area contributed by atoms with Crippen molar-refractivity contribution in [3.05, 3.63) is 57.6 Å². The number of thiazole rings is 1. The summed E-state index contributed by atoms with van der Waals surface area (Å²) in [5, 5.41) is 3.23. The van der Waals surface area contributed by atoms with Crippen molar-refractivity contribution in [2.75, 3.05) is 24.3 Å². The Morgan fingerprint density at radius 3 is 2.37 bits per heavy atom. The monoisotopic (exact) mass is 412 g/mol. The van der Waals surface area contributed by atoms with Gasteiger partial charge in [-0.05, 0) is 23.8 Å². The minimum Gasteiger partial charge on any atom is -0.380 e. The van der Waals surface area contributed by atoms with Crippen LogP contribution in [0.25, 0.3) is 11.1 Å². The van der Waals surface area contributed by atoms with Gasteiger partial charge in [-0.25, -0.2) is 9.97 Å². The minimum absolute atomic E-state index is 0.426. The van der Waals surface area contributed by atoms with Crippen LogP contribution in [0.4, 0.5) is 24.7 Å². The molecular formula is C18H16ClF3N4S. The molecule has 4 nitrogen and oxygen atoms in total. The molecule has 0 saturated heterocycles. The SMILES string of the molecule is CN(C)c1ncc(C(F)(F)F)cc1-c1ccc(NCc2cnc(Cl)s2)cc1. The number of pyridine rings is 1. The van der Waals surface area contributed by atoms with Crippen molar-refractivity contribution in [1.29, 1.82) is 0 Å². The van der Waals surface area contributed by atoms with E-state index in [-0.39, 0.29) is 0 Å². The van der Waals surface area contributed by atoms with Crippen molar-refractivity contribution in [2.24, 2.45) is 0 Å². The highest BCUT2D eigenvalue weighted by Crippen LogP contribution is 2.36. The molecule has 1 aromatic carbocycles. The third-order valence-corrected chi connectivity index (χ3v) is 4.92. The number of halogens is 4. The van der Waals surface area contributed by atoms with E-state index in [1.807, 2.05) is 12.1 Å². The molecule has 27 heavy (non-hydrogen) atoms. The van der Waals surface area contributed by atoms with Crippen LogP contribution in [0.1, 0.15) is 10.4 Å². The van der Waals surface area contributed by atoms with E-state index in [1.165, 1.54) is 11.3 Å². The zero-order valence-corrected chi connectivity index (χ0v) is 16.1. The average Bonchev–Trinajstić information content (AvgIpc) is 3.04. The van der Waals surface area contributed by atoms with E-state index in [0.717, 1.165) is 22.8 Å². The second-order valence-electron chi connectivity index (χ2n) is 6.00. The molecule has 2 heterocycles. The summed E-state index contributed by atoms with van der Waals surface area (Å²) in [6, 6.07) is 8.30. The molecule has 9 heteroatoms. The van der Waals surface area contributed by atoms with Crippen LogP contribution in [-0.4, -0.2) is 24.1 Å². The maximum absolute atomic E-state index is 13.1. The van der Waals surface area contributed by atoms with Gasteiger partial charge in [-0.1, -0.05) is 23.7 Å². The van der Waals surface area contributed by atoms with Crippen molar-refractivity contribution in [2.45, 2.75) is 12.7 Å². The number of alkyl halides is 3. The summed E-state index contributed by atoms with van der Waals surface area (Å²) >= 11 is 7.19. The molecule has 0 unspecified atom stereocenters. The summed E-state index contributed by atoms with van der Waals surface area (Å²) in [6.45, 7) is 0.567.